The number of amides is 1. The Bertz CT molecular complexity index is 1130. The van der Waals surface area contributed by atoms with Crippen LogP contribution in [-0.4, -0.2) is 36.5 Å². The number of carboxylic acid groups (broad SMARTS) is 1. The Morgan fingerprint density at radius 3 is 2.18 bits per heavy atom. The monoisotopic (exact) mass is 399 g/mol. The molecular formula is C20H17NO6S. The van der Waals surface area contributed by atoms with Gasteiger partial charge in [0.15, 0.2) is 0 Å². The maximum absolute atomic E-state index is 13.1. The maximum atomic E-state index is 13.1. The van der Waals surface area contributed by atoms with Gasteiger partial charge in [0.1, 0.15) is 12.3 Å². The van der Waals surface area contributed by atoms with Gasteiger partial charge in [-0.3, -0.25) is 19.0 Å². The topological polar surface area (TPSA) is 112 Å². The Kier molecular flexibility index (Phi) is 5.43. The molecule has 2 N–H and O–H groups in total. The first-order valence-electron chi connectivity index (χ1n) is 8.30. The van der Waals surface area contributed by atoms with E-state index in [1.54, 1.807) is 24.3 Å². The Labute approximate surface area is 161 Å². The molecule has 0 bridgehead atoms. The fraction of sp³-hybridized carbons (Fsp3) is 0.100. The van der Waals surface area contributed by atoms with Gasteiger partial charge in [-0.1, -0.05) is 48.5 Å². The van der Waals surface area contributed by atoms with Gasteiger partial charge in [-0.05, 0) is 34.5 Å². The summed E-state index contributed by atoms with van der Waals surface area (Å²) in [7, 11) is -4.19. The summed E-state index contributed by atoms with van der Waals surface area (Å²) in [6.45, 7) is -0.556. The summed E-state index contributed by atoms with van der Waals surface area (Å²) in [5.74, 6) is -2.24. The summed E-state index contributed by atoms with van der Waals surface area (Å²) in [5, 5.41) is 10.8. The third-order valence-electron chi connectivity index (χ3n) is 4.16. The number of carbonyl (C=O) groups excluding carboxylic acids is 1. The van der Waals surface area contributed by atoms with Crippen LogP contribution in [0.5, 0.6) is 0 Å². The van der Waals surface area contributed by atoms with E-state index in [0.717, 1.165) is 10.3 Å². The molecule has 144 valence electrons. The summed E-state index contributed by atoms with van der Waals surface area (Å²) in [6.07, 6.45) is 0. The zero-order chi connectivity index (χ0) is 20.3. The van der Waals surface area contributed by atoms with Crippen molar-refractivity contribution in [1.29, 1.82) is 0 Å². The fourth-order valence-corrected chi connectivity index (χ4v) is 3.57. The van der Waals surface area contributed by atoms with Gasteiger partial charge < -0.3 is 5.11 Å². The van der Waals surface area contributed by atoms with Crippen molar-refractivity contribution in [2.45, 2.75) is 5.75 Å². The van der Waals surface area contributed by atoms with Crippen LogP contribution in [0, 0.1) is 0 Å². The van der Waals surface area contributed by atoms with Crippen LogP contribution >= 0.6 is 0 Å². The second-order valence-electron chi connectivity index (χ2n) is 6.20. The number of fused-ring (bicyclic) bond motifs is 1. The lowest BCUT2D eigenvalue weighted by Gasteiger charge is -2.22. The first-order chi connectivity index (χ1) is 13.2. The van der Waals surface area contributed by atoms with Crippen LogP contribution in [-0.2, 0) is 20.7 Å². The van der Waals surface area contributed by atoms with Gasteiger partial charge in [-0.15, -0.1) is 0 Å². The Balaban J connectivity index is 2.00. The van der Waals surface area contributed by atoms with Gasteiger partial charge in [0, 0.05) is 11.3 Å². The number of carbonyl (C=O) groups is 2. The highest BCUT2D eigenvalue weighted by Gasteiger charge is 2.22. The van der Waals surface area contributed by atoms with Crippen molar-refractivity contribution in [3.05, 3.63) is 77.9 Å². The number of aliphatic carboxylic acids is 1. The van der Waals surface area contributed by atoms with Gasteiger partial charge in [-0.25, -0.2) is 0 Å². The SMILES string of the molecule is O=C(O)CN(C(=O)c1cccc2ccccc12)c1ccc(CS(=O)(=O)O)cc1. The normalized spacial score (nSPS) is 11.3. The molecule has 0 fully saturated rings. The molecule has 3 rings (SSSR count). The third-order valence-corrected chi connectivity index (χ3v) is 4.85. The van der Waals surface area contributed by atoms with E-state index in [1.165, 1.54) is 24.3 Å². The van der Waals surface area contributed by atoms with Crippen molar-refractivity contribution in [3.63, 3.8) is 0 Å². The highest BCUT2D eigenvalue weighted by Crippen LogP contribution is 2.24. The third kappa shape index (κ3) is 4.54. The molecule has 0 unspecified atom stereocenters. The second-order valence-corrected chi connectivity index (χ2v) is 7.66. The molecule has 0 atom stereocenters. The summed E-state index contributed by atoms with van der Waals surface area (Å²) < 4.78 is 30.9. The molecular weight excluding hydrogens is 382 g/mol. The summed E-state index contributed by atoms with van der Waals surface area (Å²) in [6, 6.07) is 18.3. The van der Waals surface area contributed by atoms with E-state index in [4.69, 9.17) is 4.55 Å². The molecule has 0 spiro atoms. The molecule has 1 amide bonds. The maximum Gasteiger partial charge on any atom is 0.323 e. The average molecular weight is 399 g/mol. The molecule has 0 saturated heterocycles. The zero-order valence-corrected chi connectivity index (χ0v) is 15.5. The molecule has 0 aliphatic carbocycles. The molecule has 3 aromatic carbocycles. The van der Waals surface area contributed by atoms with Crippen LogP contribution in [0.1, 0.15) is 15.9 Å². The predicted molar refractivity (Wildman–Crippen MR) is 105 cm³/mol. The lowest BCUT2D eigenvalue weighted by Crippen LogP contribution is -2.35. The smallest absolute Gasteiger partial charge is 0.323 e. The number of benzene rings is 3. The van der Waals surface area contributed by atoms with Crippen molar-refractivity contribution in [1.82, 2.24) is 0 Å². The van der Waals surface area contributed by atoms with Crippen LogP contribution in [0.4, 0.5) is 5.69 Å². The molecule has 28 heavy (non-hydrogen) atoms. The van der Waals surface area contributed by atoms with Crippen LogP contribution in [0.15, 0.2) is 66.7 Å². The molecule has 0 aliphatic rings. The van der Waals surface area contributed by atoms with Crippen LogP contribution in [0.2, 0.25) is 0 Å². The quantitative estimate of drug-likeness (QED) is 0.617. The molecule has 0 radical (unpaired) electrons. The van der Waals surface area contributed by atoms with E-state index < -0.39 is 34.3 Å². The summed E-state index contributed by atoms with van der Waals surface area (Å²) in [5.41, 5.74) is 0.986. The standard InChI is InChI=1S/C20H17NO6S/c22-19(23)12-21(16-10-8-14(9-11-16)13-28(25,26)27)20(24)18-7-3-5-15-4-1-2-6-17(15)18/h1-11H,12-13H2,(H,22,23)(H,25,26,27). The molecule has 0 aliphatic heterocycles. The minimum atomic E-state index is -4.19. The Morgan fingerprint density at radius 2 is 1.54 bits per heavy atom. The van der Waals surface area contributed by atoms with Crippen molar-refractivity contribution in [2.75, 3.05) is 11.4 Å². The molecule has 0 aromatic heterocycles. The van der Waals surface area contributed by atoms with Crippen molar-refractivity contribution in [3.8, 4) is 0 Å². The van der Waals surface area contributed by atoms with E-state index in [-0.39, 0.29) is 0 Å². The lowest BCUT2D eigenvalue weighted by molar-refractivity contribution is -0.135. The van der Waals surface area contributed by atoms with Gasteiger partial charge in [0.05, 0.1) is 0 Å². The summed E-state index contributed by atoms with van der Waals surface area (Å²) >= 11 is 0. The van der Waals surface area contributed by atoms with Crippen LogP contribution in [0.3, 0.4) is 0 Å². The molecule has 7 nitrogen and oxygen atoms in total. The van der Waals surface area contributed by atoms with Gasteiger partial charge in [0.2, 0.25) is 0 Å². The minimum absolute atomic E-state index is 0.305. The van der Waals surface area contributed by atoms with Crippen molar-refractivity contribution in [2.24, 2.45) is 0 Å². The molecule has 3 aromatic rings. The summed E-state index contributed by atoms with van der Waals surface area (Å²) in [4.78, 5) is 25.6. The Morgan fingerprint density at radius 1 is 0.893 bits per heavy atom. The number of hydrogen-bond donors (Lipinski definition) is 2. The number of hydrogen-bond acceptors (Lipinski definition) is 4. The number of anilines is 1. The second kappa shape index (κ2) is 7.79. The zero-order valence-electron chi connectivity index (χ0n) is 14.6. The highest BCUT2D eigenvalue weighted by molar-refractivity contribution is 7.85. The molecule has 0 heterocycles. The van der Waals surface area contributed by atoms with E-state index >= 15 is 0 Å². The van der Waals surface area contributed by atoms with Crippen LogP contribution < -0.4 is 4.90 Å². The van der Waals surface area contributed by atoms with Gasteiger partial charge in [-0.2, -0.15) is 8.42 Å². The number of carboxylic acids is 1. The highest BCUT2D eigenvalue weighted by atomic mass is 32.2. The predicted octanol–water partition coefficient (Wildman–Crippen LogP) is 2.96. The lowest BCUT2D eigenvalue weighted by atomic mass is 10.0. The van der Waals surface area contributed by atoms with E-state index in [1.807, 2.05) is 18.2 Å². The van der Waals surface area contributed by atoms with Crippen molar-refractivity contribution >= 4 is 38.5 Å². The Hall–Kier alpha value is -3.23. The van der Waals surface area contributed by atoms with E-state index in [0.29, 0.717) is 22.2 Å². The van der Waals surface area contributed by atoms with Gasteiger partial charge >= 0.3 is 5.97 Å². The molecule has 0 saturated carbocycles. The van der Waals surface area contributed by atoms with E-state index in [9.17, 15) is 23.1 Å². The average Bonchev–Trinajstić information content (AvgIpc) is 2.64. The number of rotatable bonds is 6. The number of nitrogens with zero attached hydrogens (tertiary/aromatic N) is 1. The van der Waals surface area contributed by atoms with E-state index in [2.05, 4.69) is 0 Å². The molecule has 8 heteroatoms. The van der Waals surface area contributed by atoms with Crippen molar-refractivity contribution < 1.29 is 27.7 Å². The fourth-order valence-electron chi connectivity index (χ4n) is 2.96. The van der Waals surface area contributed by atoms with Crippen LogP contribution in [0.25, 0.3) is 10.8 Å². The largest absolute Gasteiger partial charge is 0.480 e. The first kappa shape index (κ1) is 19.5. The minimum Gasteiger partial charge on any atom is -0.480 e. The first-order valence-corrected chi connectivity index (χ1v) is 9.91. The van der Waals surface area contributed by atoms with Gasteiger partial charge in [0.25, 0.3) is 16.0 Å².